The summed E-state index contributed by atoms with van der Waals surface area (Å²) in [5.41, 5.74) is 7.83. The number of benzene rings is 2. The van der Waals surface area contributed by atoms with Crippen LogP contribution in [0.5, 0.6) is 0 Å². The highest BCUT2D eigenvalue weighted by Gasteiger charge is 2.05. The Morgan fingerprint density at radius 3 is 2.33 bits per heavy atom. The van der Waals surface area contributed by atoms with Crippen molar-refractivity contribution in [1.82, 2.24) is 5.32 Å². The highest BCUT2D eigenvalue weighted by Crippen LogP contribution is 2.16. The number of anilines is 1. The molecule has 5 heteroatoms. The van der Waals surface area contributed by atoms with Gasteiger partial charge in [0.2, 0.25) is 0 Å². The van der Waals surface area contributed by atoms with Crippen LogP contribution in [-0.2, 0) is 6.54 Å². The number of carbonyl (C=O) groups is 1. The first-order chi connectivity index (χ1) is 10.0. The lowest BCUT2D eigenvalue weighted by atomic mass is 10.1. The Morgan fingerprint density at radius 1 is 1.14 bits per heavy atom. The number of carbonyl (C=O) groups excluding carboxylic acids is 1. The van der Waals surface area contributed by atoms with E-state index in [1.807, 2.05) is 19.1 Å². The Labute approximate surface area is 123 Å². The number of urea groups is 1. The molecule has 0 heterocycles. The second-order valence-electron chi connectivity index (χ2n) is 4.84. The third-order valence-electron chi connectivity index (χ3n) is 3.20. The Balaban J connectivity index is 1.92. The summed E-state index contributed by atoms with van der Waals surface area (Å²) in [4.78, 5) is 10.7. The Hall–Kier alpha value is -2.40. The van der Waals surface area contributed by atoms with Crippen LogP contribution in [-0.4, -0.2) is 6.03 Å². The van der Waals surface area contributed by atoms with Gasteiger partial charge in [-0.05, 0) is 42.3 Å². The van der Waals surface area contributed by atoms with Crippen molar-refractivity contribution < 1.29 is 9.18 Å². The maximum absolute atomic E-state index is 12.8. The first-order valence-corrected chi connectivity index (χ1v) is 6.69. The lowest BCUT2D eigenvalue weighted by molar-refractivity contribution is 0.259. The van der Waals surface area contributed by atoms with Gasteiger partial charge in [-0.2, -0.15) is 0 Å². The fraction of sp³-hybridized carbons (Fsp3) is 0.188. The minimum absolute atomic E-state index is 0.137. The van der Waals surface area contributed by atoms with E-state index in [2.05, 4.69) is 10.6 Å². The van der Waals surface area contributed by atoms with E-state index in [0.29, 0.717) is 12.2 Å². The van der Waals surface area contributed by atoms with Gasteiger partial charge in [0, 0.05) is 18.3 Å². The van der Waals surface area contributed by atoms with E-state index in [9.17, 15) is 9.18 Å². The van der Waals surface area contributed by atoms with E-state index >= 15 is 0 Å². The van der Waals surface area contributed by atoms with Crippen molar-refractivity contribution in [3.8, 4) is 0 Å². The molecule has 1 atom stereocenters. The van der Waals surface area contributed by atoms with Crippen LogP contribution in [0.2, 0.25) is 0 Å². The molecule has 0 aliphatic carbocycles. The maximum atomic E-state index is 12.8. The van der Waals surface area contributed by atoms with Gasteiger partial charge in [-0.25, -0.2) is 9.18 Å². The molecule has 1 unspecified atom stereocenters. The number of rotatable bonds is 5. The molecular weight excluding hydrogens is 269 g/mol. The monoisotopic (exact) mass is 287 g/mol. The number of halogens is 1. The van der Waals surface area contributed by atoms with E-state index < -0.39 is 6.03 Å². The summed E-state index contributed by atoms with van der Waals surface area (Å²) in [5, 5.41) is 5.88. The minimum atomic E-state index is -0.578. The van der Waals surface area contributed by atoms with Crippen LogP contribution >= 0.6 is 0 Å². The predicted molar refractivity (Wildman–Crippen MR) is 81.3 cm³/mol. The summed E-state index contributed by atoms with van der Waals surface area (Å²) in [7, 11) is 0. The lowest BCUT2D eigenvalue weighted by Crippen LogP contribution is -2.20. The van der Waals surface area contributed by atoms with Gasteiger partial charge in [0.05, 0.1) is 0 Å². The zero-order valence-electron chi connectivity index (χ0n) is 11.8. The Bertz CT molecular complexity index is 596. The molecular formula is C16H18FN3O. The van der Waals surface area contributed by atoms with Gasteiger partial charge in [-0.15, -0.1) is 0 Å². The summed E-state index contributed by atoms with van der Waals surface area (Å²) >= 11 is 0. The smallest absolute Gasteiger partial charge is 0.316 e. The molecule has 2 aromatic rings. The molecule has 2 amide bonds. The van der Waals surface area contributed by atoms with E-state index in [-0.39, 0.29) is 11.9 Å². The first-order valence-electron chi connectivity index (χ1n) is 6.69. The van der Waals surface area contributed by atoms with Crippen LogP contribution in [0.3, 0.4) is 0 Å². The molecule has 0 saturated carbocycles. The minimum Gasteiger partial charge on any atom is -0.351 e. The third kappa shape index (κ3) is 4.57. The van der Waals surface area contributed by atoms with Crippen LogP contribution in [0.4, 0.5) is 14.9 Å². The summed E-state index contributed by atoms with van der Waals surface area (Å²) in [6, 6.07) is 13.4. The average molecular weight is 287 g/mol. The highest BCUT2D eigenvalue weighted by atomic mass is 19.1. The van der Waals surface area contributed by atoms with Crippen molar-refractivity contribution in [2.75, 3.05) is 5.32 Å². The highest BCUT2D eigenvalue weighted by molar-refractivity contribution is 5.87. The second-order valence-corrected chi connectivity index (χ2v) is 4.84. The SMILES string of the molecule is CC(NCc1ccc(F)cc1)c1ccc(NC(N)=O)cc1. The van der Waals surface area contributed by atoms with Crippen molar-refractivity contribution in [1.29, 1.82) is 0 Å². The second kappa shape index (κ2) is 6.85. The van der Waals surface area contributed by atoms with Crippen molar-refractivity contribution in [3.63, 3.8) is 0 Å². The topological polar surface area (TPSA) is 67.2 Å². The quantitative estimate of drug-likeness (QED) is 0.790. The maximum Gasteiger partial charge on any atom is 0.316 e. The van der Waals surface area contributed by atoms with Crippen LogP contribution < -0.4 is 16.4 Å². The van der Waals surface area contributed by atoms with Crippen molar-refractivity contribution >= 4 is 11.7 Å². The van der Waals surface area contributed by atoms with Gasteiger partial charge in [-0.1, -0.05) is 24.3 Å². The fourth-order valence-electron chi connectivity index (χ4n) is 1.99. The van der Waals surface area contributed by atoms with Crippen LogP contribution in [0.25, 0.3) is 0 Å². The number of nitrogens with one attached hydrogen (secondary N) is 2. The molecule has 4 nitrogen and oxygen atoms in total. The molecule has 2 rings (SSSR count). The Kier molecular flexibility index (Phi) is 4.90. The van der Waals surface area contributed by atoms with Crippen LogP contribution in [0, 0.1) is 5.82 Å². The zero-order chi connectivity index (χ0) is 15.2. The molecule has 0 spiro atoms. The molecule has 0 saturated heterocycles. The van der Waals surface area contributed by atoms with Gasteiger partial charge in [0.15, 0.2) is 0 Å². The van der Waals surface area contributed by atoms with E-state index in [1.54, 1.807) is 24.3 Å². The summed E-state index contributed by atoms with van der Waals surface area (Å²) < 4.78 is 12.8. The van der Waals surface area contributed by atoms with Gasteiger partial charge < -0.3 is 16.4 Å². The van der Waals surface area contributed by atoms with E-state index in [0.717, 1.165) is 11.1 Å². The normalized spacial score (nSPS) is 11.9. The standard InChI is InChI=1S/C16H18FN3O/c1-11(19-10-12-2-6-14(17)7-3-12)13-4-8-15(9-5-13)20-16(18)21/h2-9,11,19H,10H2,1H3,(H3,18,20,21). The Morgan fingerprint density at radius 2 is 1.76 bits per heavy atom. The summed E-state index contributed by atoms with van der Waals surface area (Å²) in [6.45, 7) is 2.70. The largest absolute Gasteiger partial charge is 0.351 e. The molecule has 2 aromatic carbocycles. The van der Waals surface area contributed by atoms with Crippen LogP contribution in [0.1, 0.15) is 24.1 Å². The van der Waals surface area contributed by atoms with Gasteiger partial charge in [0.1, 0.15) is 5.82 Å². The first kappa shape index (κ1) is 15.0. The number of hydrogen-bond acceptors (Lipinski definition) is 2. The molecule has 0 aliphatic rings. The van der Waals surface area contributed by atoms with Gasteiger partial charge in [-0.3, -0.25) is 0 Å². The number of primary amides is 1. The summed E-state index contributed by atoms with van der Waals surface area (Å²) in [5.74, 6) is -0.232. The molecule has 0 aromatic heterocycles. The lowest BCUT2D eigenvalue weighted by Gasteiger charge is -2.15. The van der Waals surface area contributed by atoms with Crippen molar-refractivity contribution in [2.24, 2.45) is 5.73 Å². The number of nitrogens with two attached hydrogens (primary N) is 1. The molecule has 4 N–H and O–H groups in total. The van der Waals surface area contributed by atoms with E-state index in [1.165, 1.54) is 12.1 Å². The molecule has 21 heavy (non-hydrogen) atoms. The van der Waals surface area contributed by atoms with E-state index in [4.69, 9.17) is 5.73 Å². The predicted octanol–water partition coefficient (Wildman–Crippen LogP) is 3.17. The van der Waals surface area contributed by atoms with Crippen molar-refractivity contribution in [2.45, 2.75) is 19.5 Å². The molecule has 0 radical (unpaired) electrons. The van der Waals surface area contributed by atoms with Crippen LogP contribution in [0.15, 0.2) is 48.5 Å². The zero-order valence-corrected chi connectivity index (χ0v) is 11.8. The molecule has 0 bridgehead atoms. The number of hydrogen-bond donors (Lipinski definition) is 3. The number of amides is 2. The third-order valence-corrected chi connectivity index (χ3v) is 3.20. The van der Waals surface area contributed by atoms with Crippen molar-refractivity contribution in [3.05, 3.63) is 65.5 Å². The molecule has 0 fully saturated rings. The molecule has 110 valence electrons. The average Bonchev–Trinajstić information content (AvgIpc) is 2.46. The van der Waals surface area contributed by atoms with Gasteiger partial charge in [0.25, 0.3) is 0 Å². The van der Waals surface area contributed by atoms with Gasteiger partial charge >= 0.3 is 6.03 Å². The molecule has 0 aliphatic heterocycles. The fourth-order valence-corrected chi connectivity index (χ4v) is 1.99. The summed E-state index contributed by atoms with van der Waals surface area (Å²) in [6.07, 6.45) is 0.